The van der Waals surface area contributed by atoms with Crippen molar-refractivity contribution in [2.75, 3.05) is 18.2 Å². The van der Waals surface area contributed by atoms with Gasteiger partial charge in [-0.05, 0) is 59.0 Å². The Bertz CT molecular complexity index is 1130. The minimum absolute atomic E-state index is 0.0451. The van der Waals surface area contributed by atoms with Crippen molar-refractivity contribution in [2.45, 2.75) is 18.2 Å². The Kier molecular flexibility index (Phi) is 9.13. The summed E-state index contributed by atoms with van der Waals surface area (Å²) in [6.07, 6.45) is 3.11. The lowest BCUT2D eigenvalue weighted by Crippen LogP contribution is -2.20. The normalized spacial score (nSPS) is 10.8. The number of thioether (sulfide) groups is 1. The van der Waals surface area contributed by atoms with Gasteiger partial charge < -0.3 is 19.7 Å². The minimum Gasteiger partial charge on any atom is -0.504 e. The van der Waals surface area contributed by atoms with Gasteiger partial charge in [0.05, 0.1) is 25.6 Å². The maximum absolute atomic E-state index is 12.2. The Labute approximate surface area is 209 Å². The van der Waals surface area contributed by atoms with Crippen LogP contribution in [0.4, 0.5) is 5.69 Å². The first kappa shape index (κ1) is 24.6. The zero-order chi connectivity index (χ0) is 23.6. The maximum atomic E-state index is 12.2. The van der Waals surface area contributed by atoms with Gasteiger partial charge in [0, 0.05) is 21.4 Å². The number of rotatable bonds is 11. The highest BCUT2D eigenvalue weighted by atomic mass is 127. The molecule has 0 aliphatic carbocycles. The highest BCUT2D eigenvalue weighted by Crippen LogP contribution is 2.28. The molecule has 9 nitrogen and oxygen atoms in total. The molecule has 0 bridgehead atoms. The Morgan fingerprint density at radius 2 is 2.09 bits per heavy atom. The van der Waals surface area contributed by atoms with Crippen LogP contribution in [-0.2, 0) is 17.9 Å². The van der Waals surface area contributed by atoms with Crippen molar-refractivity contribution in [1.82, 2.24) is 20.2 Å². The summed E-state index contributed by atoms with van der Waals surface area (Å²) in [6, 6.07) is 13.1. The van der Waals surface area contributed by atoms with Crippen molar-refractivity contribution in [2.24, 2.45) is 5.10 Å². The van der Waals surface area contributed by atoms with Gasteiger partial charge in [0.1, 0.15) is 0 Å². The number of ether oxygens (including phenoxy) is 1. The highest BCUT2D eigenvalue weighted by Gasteiger charge is 2.13. The van der Waals surface area contributed by atoms with Gasteiger partial charge >= 0.3 is 0 Å². The number of benzene rings is 2. The number of aromatic hydroxyl groups is 1. The molecule has 1 heterocycles. The molecule has 0 saturated carbocycles. The monoisotopic (exact) mass is 578 g/mol. The lowest BCUT2D eigenvalue weighted by Gasteiger charge is -2.09. The number of hydrogen-bond donors (Lipinski definition) is 3. The van der Waals surface area contributed by atoms with Gasteiger partial charge in [0.25, 0.3) is 5.91 Å². The van der Waals surface area contributed by atoms with E-state index in [1.807, 2.05) is 28.8 Å². The number of phenols is 1. The van der Waals surface area contributed by atoms with Gasteiger partial charge in [-0.3, -0.25) is 4.79 Å². The first-order chi connectivity index (χ1) is 16.0. The van der Waals surface area contributed by atoms with Gasteiger partial charge in [0.2, 0.25) is 0 Å². The van der Waals surface area contributed by atoms with Crippen LogP contribution in [0, 0.1) is 3.57 Å². The number of hydrazone groups is 1. The van der Waals surface area contributed by atoms with Crippen LogP contribution in [0.3, 0.4) is 0 Å². The molecule has 11 heteroatoms. The second-order valence-electron chi connectivity index (χ2n) is 6.64. The summed E-state index contributed by atoms with van der Waals surface area (Å²) >= 11 is 3.51. The number of methoxy groups -OCH3 is 1. The number of nitrogens with zero attached hydrogens (tertiary/aromatic N) is 4. The van der Waals surface area contributed by atoms with Gasteiger partial charge in [-0.15, -0.1) is 16.8 Å². The number of para-hydroxylation sites is 1. The lowest BCUT2D eigenvalue weighted by molar-refractivity contribution is -0.118. The largest absolute Gasteiger partial charge is 0.504 e. The van der Waals surface area contributed by atoms with Crippen LogP contribution in [0.1, 0.15) is 11.4 Å². The number of carbonyl (C=O) groups excluding carboxylic acids is 1. The summed E-state index contributed by atoms with van der Waals surface area (Å²) in [5.74, 6) is 0.806. The molecule has 0 aliphatic rings. The summed E-state index contributed by atoms with van der Waals surface area (Å²) in [5, 5.41) is 26.4. The van der Waals surface area contributed by atoms with E-state index in [0.29, 0.717) is 29.6 Å². The van der Waals surface area contributed by atoms with E-state index in [1.165, 1.54) is 25.1 Å². The third-order valence-electron chi connectivity index (χ3n) is 4.38. The molecule has 0 fully saturated rings. The molecule has 33 heavy (non-hydrogen) atoms. The van der Waals surface area contributed by atoms with E-state index in [0.717, 1.165) is 15.1 Å². The van der Waals surface area contributed by atoms with Crippen molar-refractivity contribution < 1.29 is 14.6 Å². The van der Waals surface area contributed by atoms with Gasteiger partial charge in [-0.2, -0.15) is 5.10 Å². The highest BCUT2D eigenvalue weighted by molar-refractivity contribution is 14.1. The van der Waals surface area contributed by atoms with Crippen LogP contribution in [0.25, 0.3) is 0 Å². The number of phenolic OH excluding ortho intramolecular Hbond substituents is 1. The second kappa shape index (κ2) is 12.3. The fourth-order valence-corrected chi connectivity index (χ4v) is 3.88. The first-order valence-corrected chi connectivity index (χ1v) is 11.9. The Morgan fingerprint density at radius 1 is 1.30 bits per heavy atom. The lowest BCUT2D eigenvalue weighted by atomic mass is 10.2. The second-order valence-corrected chi connectivity index (χ2v) is 8.83. The predicted molar refractivity (Wildman–Crippen MR) is 138 cm³/mol. The molecular formula is C22H23IN6O3S. The number of carbonyl (C=O) groups is 1. The molecule has 0 saturated heterocycles. The van der Waals surface area contributed by atoms with E-state index >= 15 is 0 Å². The van der Waals surface area contributed by atoms with E-state index in [9.17, 15) is 9.90 Å². The van der Waals surface area contributed by atoms with Gasteiger partial charge in [-0.1, -0.05) is 23.9 Å². The summed E-state index contributed by atoms with van der Waals surface area (Å²) in [5.41, 5.74) is 3.86. The number of aromatic nitrogens is 3. The zero-order valence-electron chi connectivity index (χ0n) is 17.9. The fourth-order valence-electron chi connectivity index (χ4n) is 2.76. The molecule has 1 aromatic heterocycles. The quantitative estimate of drug-likeness (QED) is 0.105. The number of allylic oxidation sites excluding steroid dienone is 1. The smallest absolute Gasteiger partial charge is 0.250 e. The van der Waals surface area contributed by atoms with Crippen LogP contribution < -0.4 is 15.5 Å². The Hall–Kier alpha value is -3.06. The predicted octanol–water partition coefficient (Wildman–Crippen LogP) is 3.64. The summed E-state index contributed by atoms with van der Waals surface area (Å²) in [6.45, 7) is 4.81. The van der Waals surface area contributed by atoms with E-state index in [-0.39, 0.29) is 17.4 Å². The van der Waals surface area contributed by atoms with E-state index in [4.69, 9.17) is 4.74 Å². The molecule has 3 aromatic rings. The van der Waals surface area contributed by atoms with Gasteiger partial charge in [-0.25, -0.2) is 5.43 Å². The third-order valence-corrected chi connectivity index (χ3v) is 6.06. The molecule has 0 aliphatic heterocycles. The molecule has 0 radical (unpaired) electrons. The van der Waals surface area contributed by atoms with Crippen molar-refractivity contribution in [3.05, 3.63) is 70.1 Å². The van der Waals surface area contributed by atoms with Crippen LogP contribution in [0.5, 0.6) is 11.5 Å². The minimum atomic E-state index is -0.314. The average molecular weight is 578 g/mol. The molecule has 3 N–H and O–H groups in total. The van der Waals surface area contributed by atoms with Crippen LogP contribution >= 0.6 is 34.4 Å². The van der Waals surface area contributed by atoms with Crippen LogP contribution in [0.15, 0.2) is 65.4 Å². The Balaban J connectivity index is 1.56. The van der Waals surface area contributed by atoms with E-state index in [2.05, 4.69) is 55.2 Å². The number of amides is 1. The van der Waals surface area contributed by atoms with Crippen molar-refractivity contribution in [3.8, 4) is 11.5 Å². The summed E-state index contributed by atoms with van der Waals surface area (Å²) in [4.78, 5) is 12.2. The number of nitrogens with one attached hydrogen (secondary N) is 2. The van der Waals surface area contributed by atoms with Crippen molar-refractivity contribution in [1.29, 1.82) is 0 Å². The molecule has 172 valence electrons. The van der Waals surface area contributed by atoms with Crippen LogP contribution in [-0.4, -0.2) is 44.9 Å². The van der Waals surface area contributed by atoms with Crippen molar-refractivity contribution in [3.63, 3.8) is 0 Å². The van der Waals surface area contributed by atoms with Crippen molar-refractivity contribution >= 4 is 52.2 Å². The molecule has 0 unspecified atom stereocenters. The zero-order valence-corrected chi connectivity index (χ0v) is 20.8. The topological polar surface area (TPSA) is 114 Å². The third kappa shape index (κ3) is 6.96. The molecule has 0 spiro atoms. The first-order valence-electron chi connectivity index (χ1n) is 9.85. The van der Waals surface area contributed by atoms with Gasteiger partial charge in [0.15, 0.2) is 22.5 Å². The number of halogens is 1. The molecular weight excluding hydrogens is 555 g/mol. The SMILES string of the molecule is C=CCn1c(CNc2ccc(I)cc2)nnc1SCC(=O)N/N=C\c1cccc(OC)c1O. The number of anilines is 1. The fraction of sp³-hybridized carbons (Fsp3) is 0.182. The molecule has 0 atom stereocenters. The molecule has 1 amide bonds. The average Bonchev–Trinajstić information content (AvgIpc) is 3.20. The van der Waals surface area contributed by atoms with E-state index < -0.39 is 0 Å². The van der Waals surface area contributed by atoms with E-state index in [1.54, 1.807) is 24.3 Å². The standard InChI is InChI=1S/C22H23IN6O3S/c1-3-11-29-19(13-24-17-9-7-16(23)8-10-17)26-28-22(29)33-14-20(30)27-25-12-15-5-4-6-18(32-2)21(15)31/h3-10,12,24,31H,1,11,13-14H2,2H3,(H,27,30)/b25-12-. The Morgan fingerprint density at radius 3 is 2.82 bits per heavy atom. The summed E-state index contributed by atoms with van der Waals surface area (Å²) < 4.78 is 8.12. The maximum Gasteiger partial charge on any atom is 0.250 e. The number of hydrogen-bond acceptors (Lipinski definition) is 8. The molecule has 3 rings (SSSR count). The summed E-state index contributed by atoms with van der Waals surface area (Å²) in [7, 11) is 1.46. The van der Waals surface area contributed by atoms with Crippen LogP contribution in [0.2, 0.25) is 0 Å². The molecule has 2 aromatic carbocycles.